The molecule has 4 N–H and O–H groups in total. The van der Waals surface area contributed by atoms with Crippen LogP contribution in [0, 0.1) is 23.7 Å². The zero-order valence-electron chi connectivity index (χ0n) is 28.4. The molecule has 0 saturated carbocycles. The molecular formula is C35H54O11. The third kappa shape index (κ3) is 13.3. The Kier molecular flexibility index (Phi) is 17.3. The van der Waals surface area contributed by atoms with Crippen molar-refractivity contribution in [2.45, 2.75) is 131 Å². The van der Waals surface area contributed by atoms with Crippen molar-refractivity contribution in [3.05, 3.63) is 35.1 Å². The molecule has 0 fully saturated rings. The second-order valence-corrected chi connectivity index (χ2v) is 12.9. The number of carboxylic acid groups (broad SMARTS) is 1. The van der Waals surface area contributed by atoms with Crippen LogP contribution in [0.4, 0.5) is 0 Å². The maximum Gasteiger partial charge on any atom is 0.342 e. The predicted molar refractivity (Wildman–Crippen MR) is 171 cm³/mol. The Labute approximate surface area is 272 Å². The van der Waals surface area contributed by atoms with Crippen LogP contribution in [0.15, 0.2) is 35.1 Å². The van der Waals surface area contributed by atoms with E-state index in [1.807, 2.05) is 13.0 Å². The number of rotatable bonds is 22. The van der Waals surface area contributed by atoms with Gasteiger partial charge in [-0.3, -0.25) is 19.2 Å². The molecule has 0 radical (unpaired) electrons. The number of hydrogen-bond donors (Lipinski definition) is 4. The SMILES string of the molecule is C=C1OC(=O)C(C(O)CC(=O)O[C@H](C)[C@@H](C)C(O)CC(=O)[C@@H](C)C(O)CCC(C)C[C@@H](C)CCC=C(CC)C(=O)CC(=O)O)=C1C. The topological polar surface area (TPSA) is 185 Å². The van der Waals surface area contributed by atoms with E-state index in [1.165, 1.54) is 0 Å². The Hall–Kier alpha value is -3.15. The summed E-state index contributed by atoms with van der Waals surface area (Å²) < 4.78 is 10.2. The molecule has 1 rings (SSSR count). The van der Waals surface area contributed by atoms with Crippen LogP contribution in [0.25, 0.3) is 0 Å². The molecule has 0 spiro atoms. The summed E-state index contributed by atoms with van der Waals surface area (Å²) in [7, 11) is 0. The first kappa shape index (κ1) is 40.9. The molecule has 0 aliphatic carbocycles. The average Bonchev–Trinajstić information content (AvgIpc) is 3.22. The normalized spacial score (nSPS) is 19.0. The number of Topliss-reactive ketones (excluding diaryl/α,β-unsaturated/α-hetero) is 2. The third-order valence-electron chi connectivity index (χ3n) is 8.97. The number of carbonyl (C=O) groups excluding carboxylic acids is 4. The van der Waals surface area contributed by atoms with Gasteiger partial charge in [0.2, 0.25) is 0 Å². The molecule has 4 unspecified atom stereocenters. The van der Waals surface area contributed by atoms with Crippen molar-refractivity contribution in [3.63, 3.8) is 0 Å². The fourth-order valence-corrected chi connectivity index (χ4v) is 5.54. The van der Waals surface area contributed by atoms with Gasteiger partial charge in [0.25, 0.3) is 0 Å². The number of aliphatic hydroxyl groups is 3. The number of hydrogen-bond acceptors (Lipinski definition) is 10. The third-order valence-corrected chi connectivity index (χ3v) is 8.97. The van der Waals surface area contributed by atoms with Gasteiger partial charge in [-0.1, -0.05) is 47.3 Å². The molecule has 260 valence electrons. The van der Waals surface area contributed by atoms with Gasteiger partial charge in [-0.25, -0.2) is 4.79 Å². The zero-order chi connectivity index (χ0) is 35.3. The van der Waals surface area contributed by atoms with E-state index in [0.29, 0.717) is 42.7 Å². The van der Waals surface area contributed by atoms with Crippen molar-refractivity contribution in [2.75, 3.05) is 0 Å². The summed E-state index contributed by atoms with van der Waals surface area (Å²) in [6.07, 6.45) is 0.440. The van der Waals surface area contributed by atoms with Crippen molar-refractivity contribution in [3.8, 4) is 0 Å². The highest BCUT2D eigenvalue weighted by Gasteiger charge is 2.34. The fourth-order valence-electron chi connectivity index (χ4n) is 5.54. The second-order valence-electron chi connectivity index (χ2n) is 12.9. The van der Waals surface area contributed by atoms with Gasteiger partial charge in [-0.2, -0.15) is 0 Å². The Bertz CT molecular complexity index is 1170. The van der Waals surface area contributed by atoms with Crippen LogP contribution < -0.4 is 0 Å². The molecule has 46 heavy (non-hydrogen) atoms. The van der Waals surface area contributed by atoms with E-state index in [-0.39, 0.29) is 35.2 Å². The smallest absolute Gasteiger partial charge is 0.342 e. The first-order valence-corrected chi connectivity index (χ1v) is 16.2. The first-order chi connectivity index (χ1) is 21.4. The standard InChI is InChI=1S/C35H54O11/c1-9-26(30(39)17-32(41)42)12-10-11-19(2)15-20(3)13-14-27(36)23(6)29(38)16-28(37)21(4)24(7)45-33(43)18-31(40)34-22(5)25(8)46-35(34)44/h12,19-21,23-24,27-28,31,36-37,40H,8-11,13-18H2,1-7H3,(H,41,42)/t19-,20?,21+,23-,24+,27?,28?,31?/m0/s1. The van der Waals surface area contributed by atoms with Crippen LogP contribution in [0.3, 0.4) is 0 Å². The highest BCUT2D eigenvalue weighted by atomic mass is 16.5. The minimum Gasteiger partial charge on any atom is -0.481 e. The van der Waals surface area contributed by atoms with E-state index in [2.05, 4.69) is 20.4 Å². The van der Waals surface area contributed by atoms with E-state index in [0.717, 1.165) is 12.8 Å². The molecule has 11 nitrogen and oxygen atoms in total. The number of aliphatic carboxylic acids is 1. The summed E-state index contributed by atoms with van der Waals surface area (Å²) in [5, 5.41) is 40.6. The lowest BCUT2D eigenvalue weighted by atomic mass is 9.85. The van der Waals surface area contributed by atoms with Crippen LogP contribution in [0.2, 0.25) is 0 Å². The minimum atomic E-state index is -1.43. The molecule has 1 aliphatic rings. The molecule has 0 amide bonds. The van der Waals surface area contributed by atoms with Gasteiger partial charge in [0, 0.05) is 23.8 Å². The summed E-state index contributed by atoms with van der Waals surface area (Å²) in [5.41, 5.74) is 0.860. The molecule has 1 heterocycles. The Morgan fingerprint density at radius 3 is 2.09 bits per heavy atom. The van der Waals surface area contributed by atoms with Crippen molar-refractivity contribution in [1.82, 2.24) is 0 Å². The molecule has 0 aromatic carbocycles. The van der Waals surface area contributed by atoms with Crippen molar-refractivity contribution >= 4 is 29.5 Å². The van der Waals surface area contributed by atoms with Crippen LogP contribution in [0.5, 0.6) is 0 Å². The van der Waals surface area contributed by atoms with Gasteiger partial charge in [0.05, 0.1) is 30.3 Å². The summed E-state index contributed by atoms with van der Waals surface area (Å²) in [5.74, 6) is -3.89. The van der Waals surface area contributed by atoms with E-state index >= 15 is 0 Å². The summed E-state index contributed by atoms with van der Waals surface area (Å²) >= 11 is 0. The van der Waals surface area contributed by atoms with Crippen molar-refractivity contribution in [2.24, 2.45) is 23.7 Å². The number of aliphatic hydroxyl groups excluding tert-OH is 3. The maximum absolute atomic E-state index is 12.9. The van der Waals surface area contributed by atoms with Crippen LogP contribution in [-0.4, -0.2) is 74.3 Å². The van der Waals surface area contributed by atoms with Gasteiger partial charge in [0.15, 0.2) is 5.78 Å². The highest BCUT2D eigenvalue weighted by Crippen LogP contribution is 2.29. The molecule has 0 aromatic heterocycles. The number of cyclic esters (lactones) is 1. The van der Waals surface area contributed by atoms with Crippen molar-refractivity contribution < 1.29 is 53.9 Å². The van der Waals surface area contributed by atoms with Gasteiger partial charge in [-0.05, 0) is 69.8 Å². The first-order valence-electron chi connectivity index (χ1n) is 16.2. The quantitative estimate of drug-likeness (QED) is 0.0729. The lowest BCUT2D eigenvalue weighted by Gasteiger charge is -2.27. The van der Waals surface area contributed by atoms with E-state index < -0.39 is 67.0 Å². The number of ether oxygens (including phenoxy) is 2. The van der Waals surface area contributed by atoms with E-state index in [9.17, 15) is 39.3 Å². The molecule has 0 saturated heterocycles. The van der Waals surface area contributed by atoms with Gasteiger partial charge >= 0.3 is 17.9 Å². The minimum absolute atomic E-state index is 0.0480. The lowest BCUT2D eigenvalue weighted by Crippen LogP contribution is -2.36. The molecule has 11 heteroatoms. The van der Waals surface area contributed by atoms with Crippen molar-refractivity contribution in [1.29, 1.82) is 0 Å². The monoisotopic (exact) mass is 650 g/mol. The molecule has 1 aliphatic heterocycles. The fraction of sp³-hybridized carbons (Fsp3) is 0.686. The summed E-state index contributed by atoms with van der Waals surface area (Å²) in [4.78, 5) is 60.0. The Morgan fingerprint density at radius 1 is 0.935 bits per heavy atom. The second kappa shape index (κ2) is 19.5. The molecule has 8 atom stereocenters. The zero-order valence-corrected chi connectivity index (χ0v) is 28.4. The number of ketones is 2. The predicted octanol–water partition coefficient (Wildman–Crippen LogP) is 4.61. The van der Waals surface area contributed by atoms with Gasteiger partial charge < -0.3 is 29.9 Å². The number of carbonyl (C=O) groups is 5. The van der Waals surface area contributed by atoms with E-state index in [1.54, 1.807) is 27.7 Å². The lowest BCUT2D eigenvalue weighted by molar-refractivity contribution is -0.154. The van der Waals surface area contributed by atoms with Gasteiger partial charge in [-0.15, -0.1) is 0 Å². The number of carboxylic acids is 1. The highest BCUT2D eigenvalue weighted by molar-refractivity contribution is 6.04. The largest absolute Gasteiger partial charge is 0.481 e. The van der Waals surface area contributed by atoms with Crippen LogP contribution in [0.1, 0.15) is 106 Å². The number of esters is 2. The Balaban J connectivity index is 2.48. The van der Waals surface area contributed by atoms with Gasteiger partial charge in [0.1, 0.15) is 24.1 Å². The molecular weight excluding hydrogens is 596 g/mol. The summed E-state index contributed by atoms with van der Waals surface area (Å²) in [6, 6.07) is 0. The molecule has 0 aromatic rings. The number of allylic oxidation sites excluding steroid dienone is 3. The Morgan fingerprint density at radius 2 is 1.54 bits per heavy atom. The van der Waals surface area contributed by atoms with E-state index in [4.69, 9.17) is 14.6 Å². The molecule has 0 bridgehead atoms. The van der Waals surface area contributed by atoms with Crippen LogP contribution >= 0.6 is 0 Å². The van der Waals surface area contributed by atoms with Crippen LogP contribution in [-0.2, 0) is 33.4 Å². The summed E-state index contributed by atoms with van der Waals surface area (Å²) in [6.45, 7) is 16.0. The average molecular weight is 651 g/mol. The maximum atomic E-state index is 12.9.